The molecule has 3 N–H and O–H groups in total. The molecule has 0 unspecified atom stereocenters. The van der Waals surface area contributed by atoms with Gasteiger partial charge in [0.25, 0.3) is 5.91 Å². The SMILES string of the molecule is CC(C)C[C@@H](Nc1ccc(C(=O)NCCC(=O)O)cc1)c1ccc(-c2nc3ccccc3o2)cc1. The van der Waals surface area contributed by atoms with Crippen LogP contribution in [0, 0.1) is 5.92 Å². The quantitative estimate of drug-likeness (QED) is 0.266. The standard InChI is InChI=1S/C28H29N3O4/c1-18(2)17-24(30-22-13-11-20(12-14-22)27(34)29-16-15-26(32)33)19-7-9-21(10-8-19)28-31-23-5-3-4-6-25(23)35-28/h3-14,18,24,30H,15-17H2,1-2H3,(H,29,34)(H,32,33)/t24-/m1/s1. The molecule has 0 radical (unpaired) electrons. The fraction of sp³-hybridized carbons (Fsp3) is 0.250. The van der Waals surface area contributed by atoms with Crippen LogP contribution in [0.3, 0.4) is 0 Å². The third kappa shape index (κ3) is 6.26. The van der Waals surface area contributed by atoms with Crippen LogP contribution in [0.15, 0.2) is 77.2 Å². The number of amides is 1. The van der Waals surface area contributed by atoms with Gasteiger partial charge in [0.15, 0.2) is 5.58 Å². The lowest BCUT2D eigenvalue weighted by Crippen LogP contribution is -2.25. The number of carbonyl (C=O) groups is 2. The minimum absolute atomic E-state index is 0.0860. The Balaban J connectivity index is 1.46. The van der Waals surface area contributed by atoms with Crippen molar-refractivity contribution < 1.29 is 19.1 Å². The van der Waals surface area contributed by atoms with Crippen LogP contribution in [0.5, 0.6) is 0 Å². The summed E-state index contributed by atoms with van der Waals surface area (Å²) in [6, 6.07) is 23.3. The number of benzene rings is 3. The van der Waals surface area contributed by atoms with Crippen molar-refractivity contribution in [3.63, 3.8) is 0 Å². The van der Waals surface area contributed by atoms with E-state index in [0.717, 1.165) is 34.3 Å². The van der Waals surface area contributed by atoms with Gasteiger partial charge in [-0.3, -0.25) is 9.59 Å². The first-order valence-corrected chi connectivity index (χ1v) is 11.7. The maximum atomic E-state index is 12.2. The van der Waals surface area contributed by atoms with E-state index < -0.39 is 5.97 Å². The van der Waals surface area contributed by atoms with Crippen molar-refractivity contribution in [2.24, 2.45) is 5.92 Å². The van der Waals surface area contributed by atoms with E-state index in [9.17, 15) is 9.59 Å². The number of oxazole rings is 1. The van der Waals surface area contributed by atoms with E-state index >= 15 is 0 Å². The van der Waals surface area contributed by atoms with Crippen LogP contribution in [-0.4, -0.2) is 28.5 Å². The van der Waals surface area contributed by atoms with E-state index in [1.165, 1.54) is 0 Å². The van der Waals surface area contributed by atoms with Gasteiger partial charge in [-0.15, -0.1) is 0 Å². The number of hydrogen-bond donors (Lipinski definition) is 3. The van der Waals surface area contributed by atoms with E-state index in [1.807, 2.05) is 48.5 Å². The highest BCUT2D eigenvalue weighted by atomic mass is 16.4. The van der Waals surface area contributed by atoms with Gasteiger partial charge in [0, 0.05) is 23.4 Å². The van der Waals surface area contributed by atoms with Gasteiger partial charge in [-0.25, -0.2) is 4.98 Å². The number of rotatable bonds is 10. The summed E-state index contributed by atoms with van der Waals surface area (Å²) in [4.78, 5) is 27.4. The first kappa shape index (κ1) is 24.0. The zero-order valence-electron chi connectivity index (χ0n) is 19.8. The van der Waals surface area contributed by atoms with Crippen LogP contribution in [0.25, 0.3) is 22.6 Å². The maximum absolute atomic E-state index is 12.2. The Kier molecular flexibility index (Phi) is 7.45. The summed E-state index contributed by atoms with van der Waals surface area (Å²) in [6.07, 6.45) is 0.827. The number of anilines is 1. The number of nitrogens with one attached hydrogen (secondary N) is 2. The molecule has 180 valence electrons. The number of nitrogens with zero attached hydrogens (tertiary/aromatic N) is 1. The van der Waals surface area contributed by atoms with E-state index in [2.05, 4.69) is 41.6 Å². The number of carboxylic acid groups (broad SMARTS) is 1. The molecule has 0 saturated heterocycles. The summed E-state index contributed by atoms with van der Waals surface area (Å²) in [6.45, 7) is 4.47. The minimum atomic E-state index is -0.942. The monoisotopic (exact) mass is 471 g/mol. The number of aromatic nitrogens is 1. The second-order valence-corrected chi connectivity index (χ2v) is 8.91. The maximum Gasteiger partial charge on any atom is 0.305 e. The van der Waals surface area contributed by atoms with E-state index in [0.29, 0.717) is 17.4 Å². The van der Waals surface area contributed by atoms with Crippen molar-refractivity contribution in [2.75, 3.05) is 11.9 Å². The first-order valence-electron chi connectivity index (χ1n) is 11.7. The van der Waals surface area contributed by atoms with Gasteiger partial charge in [0.1, 0.15) is 5.52 Å². The lowest BCUT2D eigenvalue weighted by Gasteiger charge is -2.22. The van der Waals surface area contributed by atoms with Gasteiger partial charge in [0.05, 0.1) is 12.5 Å². The molecule has 0 aliphatic rings. The third-order valence-electron chi connectivity index (χ3n) is 5.67. The molecule has 3 aromatic carbocycles. The normalized spacial score (nSPS) is 12.0. The Bertz CT molecular complexity index is 1260. The summed E-state index contributed by atoms with van der Waals surface area (Å²) in [5, 5.41) is 14.9. The largest absolute Gasteiger partial charge is 0.481 e. The molecule has 1 amide bonds. The lowest BCUT2D eigenvalue weighted by molar-refractivity contribution is -0.136. The Hall–Kier alpha value is -4.13. The topological polar surface area (TPSA) is 104 Å². The minimum Gasteiger partial charge on any atom is -0.481 e. The van der Waals surface area contributed by atoms with Crippen molar-refractivity contribution in [1.82, 2.24) is 10.3 Å². The molecular weight excluding hydrogens is 442 g/mol. The van der Waals surface area contributed by atoms with Crippen LogP contribution in [-0.2, 0) is 4.79 Å². The van der Waals surface area contributed by atoms with Crippen molar-refractivity contribution in [3.8, 4) is 11.5 Å². The molecular formula is C28H29N3O4. The Labute approximate surface area is 204 Å². The van der Waals surface area contributed by atoms with Crippen LogP contribution >= 0.6 is 0 Å². The highest BCUT2D eigenvalue weighted by molar-refractivity contribution is 5.94. The highest BCUT2D eigenvalue weighted by Crippen LogP contribution is 2.29. The fourth-order valence-electron chi connectivity index (χ4n) is 3.91. The summed E-state index contributed by atoms with van der Waals surface area (Å²) < 4.78 is 5.89. The van der Waals surface area contributed by atoms with Gasteiger partial charge >= 0.3 is 5.97 Å². The summed E-state index contributed by atoms with van der Waals surface area (Å²) in [5.41, 5.74) is 5.07. The van der Waals surface area contributed by atoms with Crippen molar-refractivity contribution in [3.05, 3.63) is 83.9 Å². The summed E-state index contributed by atoms with van der Waals surface area (Å²) >= 11 is 0. The van der Waals surface area contributed by atoms with Crippen LogP contribution in [0.2, 0.25) is 0 Å². The second kappa shape index (κ2) is 10.9. The number of carbonyl (C=O) groups excluding carboxylic acids is 1. The average molecular weight is 472 g/mol. The van der Waals surface area contributed by atoms with E-state index in [1.54, 1.807) is 12.1 Å². The number of para-hydroxylation sites is 2. The summed E-state index contributed by atoms with van der Waals surface area (Å²) in [7, 11) is 0. The molecule has 0 bridgehead atoms. The number of fused-ring (bicyclic) bond motifs is 1. The van der Waals surface area contributed by atoms with E-state index in [-0.39, 0.29) is 24.9 Å². The molecule has 0 saturated carbocycles. The van der Waals surface area contributed by atoms with Gasteiger partial charge in [0.2, 0.25) is 5.89 Å². The zero-order chi connectivity index (χ0) is 24.8. The smallest absolute Gasteiger partial charge is 0.305 e. The summed E-state index contributed by atoms with van der Waals surface area (Å²) in [5.74, 6) is -0.152. The van der Waals surface area contributed by atoms with E-state index in [4.69, 9.17) is 9.52 Å². The predicted molar refractivity (Wildman–Crippen MR) is 136 cm³/mol. The van der Waals surface area contributed by atoms with Gasteiger partial charge < -0.3 is 20.2 Å². The Morgan fingerprint density at radius 3 is 2.34 bits per heavy atom. The van der Waals surface area contributed by atoms with Crippen LogP contribution in [0.1, 0.15) is 48.7 Å². The highest BCUT2D eigenvalue weighted by Gasteiger charge is 2.15. The molecule has 1 aromatic heterocycles. The molecule has 7 nitrogen and oxygen atoms in total. The second-order valence-electron chi connectivity index (χ2n) is 8.91. The molecule has 35 heavy (non-hydrogen) atoms. The van der Waals surface area contributed by atoms with Crippen molar-refractivity contribution >= 4 is 28.7 Å². The molecule has 4 rings (SSSR count). The van der Waals surface area contributed by atoms with Gasteiger partial charge in [-0.2, -0.15) is 0 Å². The van der Waals surface area contributed by atoms with Gasteiger partial charge in [-0.1, -0.05) is 38.1 Å². The number of aliphatic carboxylic acids is 1. The Morgan fingerprint density at radius 1 is 0.971 bits per heavy atom. The molecule has 1 atom stereocenters. The number of hydrogen-bond acceptors (Lipinski definition) is 5. The predicted octanol–water partition coefficient (Wildman–Crippen LogP) is 5.90. The third-order valence-corrected chi connectivity index (χ3v) is 5.67. The first-order chi connectivity index (χ1) is 16.9. The molecule has 0 aliphatic heterocycles. The fourth-order valence-corrected chi connectivity index (χ4v) is 3.91. The lowest BCUT2D eigenvalue weighted by atomic mass is 9.95. The van der Waals surface area contributed by atoms with Crippen LogP contribution in [0.4, 0.5) is 5.69 Å². The molecule has 1 heterocycles. The van der Waals surface area contributed by atoms with Crippen molar-refractivity contribution in [2.45, 2.75) is 32.7 Å². The van der Waals surface area contributed by atoms with Gasteiger partial charge in [-0.05, 0) is 66.4 Å². The van der Waals surface area contributed by atoms with Crippen LogP contribution < -0.4 is 10.6 Å². The number of carboxylic acids is 1. The molecule has 0 spiro atoms. The molecule has 0 aliphatic carbocycles. The Morgan fingerprint density at radius 2 is 1.69 bits per heavy atom. The molecule has 7 heteroatoms. The molecule has 0 fully saturated rings. The van der Waals surface area contributed by atoms with Crippen molar-refractivity contribution in [1.29, 1.82) is 0 Å². The average Bonchev–Trinajstić information content (AvgIpc) is 3.28. The zero-order valence-corrected chi connectivity index (χ0v) is 19.8. The molecule has 4 aromatic rings.